The zero-order chi connectivity index (χ0) is 20.4. The van der Waals surface area contributed by atoms with Crippen molar-refractivity contribution in [3.05, 3.63) is 29.6 Å². The van der Waals surface area contributed by atoms with E-state index in [1.807, 2.05) is 29.0 Å². The van der Waals surface area contributed by atoms with Gasteiger partial charge in [0.25, 0.3) is 0 Å². The van der Waals surface area contributed by atoms with Gasteiger partial charge in [0.05, 0.1) is 0 Å². The summed E-state index contributed by atoms with van der Waals surface area (Å²) < 4.78 is 0. The molecule has 4 rings (SSSR count). The van der Waals surface area contributed by atoms with Gasteiger partial charge in [0.1, 0.15) is 5.65 Å². The molecule has 1 unspecified atom stereocenters. The molecule has 0 aliphatic carbocycles. The van der Waals surface area contributed by atoms with Gasteiger partial charge in [-0.25, -0.2) is 4.98 Å². The predicted octanol–water partition coefficient (Wildman–Crippen LogP) is 2.34. The van der Waals surface area contributed by atoms with Gasteiger partial charge in [0, 0.05) is 82.4 Å². The van der Waals surface area contributed by atoms with E-state index in [-0.39, 0.29) is 11.8 Å². The predicted molar refractivity (Wildman–Crippen MR) is 112 cm³/mol. The molecule has 7 nitrogen and oxygen atoms in total. The minimum absolute atomic E-state index is 0.157. The van der Waals surface area contributed by atoms with E-state index in [0.717, 1.165) is 64.3 Å². The maximum absolute atomic E-state index is 12.3. The number of pyridine rings is 1. The molecule has 0 saturated carbocycles. The Balaban J connectivity index is 1.58. The fraction of sp³-hybridized carbons (Fsp3) is 0.591. The lowest BCUT2D eigenvalue weighted by Crippen LogP contribution is -2.47. The summed E-state index contributed by atoms with van der Waals surface area (Å²) in [5, 5.41) is 1.18. The molecule has 0 bridgehead atoms. The molecule has 1 N–H and O–H groups in total. The van der Waals surface area contributed by atoms with Crippen molar-refractivity contribution < 1.29 is 9.59 Å². The standard InChI is InChI=1S/C22H31N5O2/c1-3-20(29)27-9-5-6-17(14-27)21-19(18-7-4-8-23-22(18)24-21)15-25-10-12-26(13-11-25)16(2)28/h4,7-8,17H,3,5-6,9-15H2,1-2H3,(H,23,24). The first-order chi connectivity index (χ1) is 14.1. The first-order valence-corrected chi connectivity index (χ1v) is 10.8. The molecule has 7 heteroatoms. The number of nitrogens with zero attached hydrogens (tertiary/aromatic N) is 4. The SMILES string of the molecule is CCC(=O)N1CCCC(c2[nH]c3ncccc3c2CN2CCN(C(C)=O)CC2)C1. The summed E-state index contributed by atoms with van der Waals surface area (Å²) in [7, 11) is 0. The van der Waals surface area contributed by atoms with E-state index in [0.29, 0.717) is 12.3 Å². The van der Waals surface area contributed by atoms with E-state index >= 15 is 0 Å². The van der Waals surface area contributed by atoms with Crippen molar-refractivity contribution in [1.29, 1.82) is 0 Å². The highest BCUT2D eigenvalue weighted by Crippen LogP contribution is 2.33. The molecule has 0 aromatic carbocycles. The third kappa shape index (κ3) is 4.15. The fourth-order valence-corrected chi connectivity index (χ4v) is 4.72. The lowest BCUT2D eigenvalue weighted by atomic mass is 9.91. The highest BCUT2D eigenvalue weighted by molar-refractivity contribution is 5.81. The Labute approximate surface area is 172 Å². The maximum atomic E-state index is 12.3. The largest absolute Gasteiger partial charge is 0.343 e. The number of rotatable bonds is 4. The van der Waals surface area contributed by atoms with Gasteiger partial charge in [-0.3, -0.25) is 14.5 Å². The van der Waals surface area contributed by atoms with E-state index in [1.165, 1.54) is 16.6 Å². The van der Waals surface area contributed by atoms with Crippen LogP contribution in [0.2, 0.25) is 0 Å². The van der Waals surface area contributed by atoms with E-state index in [2.05, 4.69) is 20.9 Å². The molecular formula is C22H31N5O2. The Morgan fingerprint density at radius 1 is 1.17 bits per heavy atom. The van der Waals surface area contributed by atoms with Crippen molar-refractivity contribution in [3.8, 4) is 0 Å². The highest BCUT2D eigenvalue weighted by Gasteiger charge is 2.29. The second kappa shape index (κ2) is 8.53. The van der Waals surface area contributed by atoms with Crippen molar-refractivity contribution >= 4 is 22.8 Å². The maximum Gasteiger partial charge on any atom is 0.222 e. The summed E-state index contributed by atoms with van der Waals surface area (Å²) in [5.74, 6) is 0.720. The molecule has 0 spiro atoms. The van der Waals surface area contributed by atoms with Crippen LogP contribution in [0.5, 0.6) is 0 Å². The summed E-state index contributed by atoms with van der Waals surface area (Å²) in [6.45, 7) is 9.42. The smallest absolute Gasteiger partial charge is 0.222 e. The number of hydrogen-bond acceptors (Lipinski definition) is 4. The van der Waals surface area contributed by atoms with Gasteiger partial charge >= 0.3 is 0 Å². The van der Waals surface area contributed by atoms with Crippen LogP contribution in [0.4, 0.5) is 0 Å². The normalized spacial score (nSPS) is 21.0. The van der Waals surface area contributed by atoms with E-state index in [1.54, 1.807) is 6.92 Å². The summed E-state index contributed by atoms with van der Waals surface area (Å²) in [4.78, 5) is 38.4. The number of fused-ring (bicyclic) bond motifs is 1. The average molecular weight is 398 g/mol. The van der Waals surface area contributed by atoms with E-state index < -0.39 is 0 Å². The zero-order valence-corrected chi connectivity index (χ0v) is 17.5. The average Bonchev–Trinajstić information content (AvgIpc) is 3.12. The number of likely N-dealkylation sites (tertiary alicyclic amines) is 1. The summed E-state index contributed by atoms with van der Waals surface area (Å²) >= 11 is 0. The van der Waals surface area contributed by atoms with Crippen LogP contribution >= 0.6 is 0 Å². The van der Waals surface area contributed by atoms with Crippen molar-refractivity contribution in [2.45, 2.75) is 45.6 Å². The molecule has 2 saturated heterocycles. The molecule has 2 fully saturated rings. The number of piperazine rings is 1. The number of H-pyrrole nitrogens is 1. The summed E-state index contributed by atoms with van der Waals surface area (Å²) in [6.07, 6.45) is 4.52. The lowest BCUT2D eigenvalue weighted by molar-refractivity contribution is -0.132. The Morgan fingerprint density at radius 2 is 1.97 bits per heavy atom. The molecular weight excluding hydrogens is 366 g/mol. The molecule has 29 heavy (non-hydrogen) atoms. The zero-order valence-electron chi connectivity index (χ0n) is 17.5. The van der Waals surface area contributed by atoms with Gasteiger partial charge in [-0.2, -0.15) is 0 Å². The minimum Gasteiger partial charge on any atom is -0.343 e. The molecule has 2 amide bonds. The first kappa shape index (κ1) is 19.9. The number of carbonyl (C=O) groups excluding carboxylic acids is 2. The monoisotopic (exact) mass is 397 g/mol. The topological polar surface area (TPSA) is 72.5 Å². The molecule has 2 aliphatic heterocycles. The quantitative estimate of drug-likeness (QED) is 0.860. The Morgan fingerprint density at radius 3 is 2.69 bits per heavy atom. The van der Waals surface area contributed by atoms with Crippen LogP contribution in [0, 0.1) is 0 Å². The minimum atomic E-state index is 0.157. The van der Waals surface area contributed by atoms with E-state index in [9.17, 15) is 9.59 Å². The second-order valence-corrected chi connectivity index (χ2v) is 8.23. The van der Waals surface area contributed by atoms with Crippen LogP contribution in [0.25, 0.3) is 11.0 Å². The highest BCUT2D eigenvalue weighted by atomic mass is 16.2. The Kier molecular flexibility index (Phi) is 5.85. The fourth-order valence-electron chi connectivity index (χ4n) is 4.72. The molecule has 156 valence electrons. The summed E-state index contributed by atoms with van der Waals surface area (Å²) in [5.41, 5.74) is 3.47. The molecule has 1 atom stereocenters. The van der Waals surface area contributed by atoms with Gasteiger partial charge < -0.3 is 14.8 Å². The second-order valence-electron chi connectivity index (χ2n) is 8.23. The van der Waals surface area contributed by atoms with Gasteiger partial charge in [-0.1, -0.05) is 6.92 Å². The molecule has 2 aromatic rings. The number of carbonyl (C=O) groups is 2. The van der Waals surface area contributed by atoms with Crippen LogP contribution in [0.3, 0.4) is 0 Å². The van der Waals surface area contributed by atoms with E-state index in [4.69, 9.17) is 0 Å². The van der Waals surface area contributed by atoms with Gasteiger partial charge in [-0.15, -0.1) is 0 Å². The lowest BCUT2D eigenvalue weighted by Gasteiger charge is -2.35. The molecule has 0 radical (unpaired) electrons. The van der Waals surface area contributed by atoms with Crippen LogP contribution in [0.15, 0.2) is 18.3 Å². The number of aromatic amines is 1. The van der Waals surface area contributed by atoms with Crippen LogP contribution in [0.1, 0.15) is 50.3 Å². The first-order valence-electron chi connectivity index (χ1n) is 10.8. The van der Waals surface area contributed by atoms with Crippen LogP contribution < -0.4 is 0 Å². The third-order valence-electron chi connectivity index (χ3n) is 6.40. The Hall–Kier alpha value is -2.41. The van der Waals surface area contributed by atoms with Crippen molar-refractivity contribution in [2.24, 2.45) is 0 Å². The van der Waals surface area contributed by atoms with Crippen molar-refractivity contribution in [1.82, 2.24) is 24.7 Å². The number of piperidine rings is 1. The summed E-state index contributed by atoms with van der Waals surface area (Å²) in [6, 6.07) is 4.13. The van der Waals surface area contributed by atoms with Gasteiger partial charge in [0.15, 0.2) is 0 Å². The van der Waals surface area contributed by atoms with Gasteiger partial charge in [-0.05, 0) is 30.5 Å². The molecule has 2 aliphatic rings. The van der Waals surface area contributed by atoms with Gasteiger partial charge in [0.2, 0.25) is 11.8 Å². The van der Waals surface area contributed by atoms with Crippen molar-refractivity contribution in [2.75, 3.05) is 39.3 Å². The third-order valence-corrected chi connectivity index (χ3v) is 6.40. The van der Waals surface area contributed by atoms with Crippen LogP contribution in [-0.2, 0) is 16.1 Å². The number of hydrogen-bond donors (Lipinski definition) is 1. The molecule has 4 heterocycles. The Bertz CT molecular complexity index is 884. The number of amides is 2. The van der Waals surface area contributed by atoms with Crippen LogP contribution in [-0.4, -0.2) is 75.8 Å². The number of aromatic nitrogens is 2. The molecule has 2 aromatic heterocycles. The van der Waals surface area contributed by atoms with Crippen molar-refractivity contribution in [3.63, 3.8) is 0 Å². The number of nitrogens with one attached hydrogen (secondary N) is 1.